The zero-order chi connectivity index (χ0) is 13.5. The third kappa shape index (κ3) is 2.29. The average Bonchev–Trinajstić information content (AvgIpc) is 2.82. The molecule has 1 saturated carbocycles. The normalized spacial score (nSPS) is 24.8. The molecular weight excluding hydrogens is 234 g/mol. The number of carbonyl (C=O) groups is 1. The van der Waals surface area contributed by atoms with Crippen LogP contribution in [-0.4, -0.2) is 24.4 Å². The van der Waals surface area contributed by atoms with Crippen LogP contribution in [0.4, 0.5) is 0 Å². The van der Waals surface area contributed by atoms with E-state index >= 15 is 0 Å². The Balaban J connectivity index is 1.66. The van der Waals surface area contributed by atoms with Crippen molar-refractivity contribution in [1.29, 1.82) is 0 Å². The fraction of sp³-hybridized carbons (Fsp3) is 0.588. The third-order valence-electron chi connectivity index (χ3n) is 5.00. The van der Waals surface area contributed by atoms with E-state index in [9.17, 15) is 4.79 Å². The SMILES string of the molecule is CC(C)c1ccc(C2CCC3(C2)CN(C=O)C3)cc1. The molecule has 1 amide bonds. The number of amides is 1. The third-order valence-corrected chi connectivity index (χ3v) is 5.00. The maximum atomic E-state index is 10.7. The van der Waals surface area contributed by atoms with Gasteiger partial charge in [0.2, 0.25) is 6.41 Å². The summed E-state index contributed by atoms with van der Waals surface area (Å²) in [4.78, 5) is 12.6. The Morgan fingerprint density at radius 1 is 1.26 bits per heavy atom. The van der Waals surface area contributed by atoms with Gasteiger partial charge in [-0.15, -0.1) is 0 Å². The number of carbonyl (C=O) groups excluding carboxylic acids is 1. The fourth-order valence-corrected chi connectivity index (χ4v) is 3.82. The van der Waals surface area contributed by atoms with Gasteiger partial charge in [-0.1, -0.05) is 38.1 Å². The van der Waals surface area contributed by atoms with Crippen LogP contribution in [0.15, 0.2) is 24.3 Å². The molecule has 1 aromatic carbocycles. The van der Waals surface area contributed by atoms with Gasteiger partial charge < -0.3 is 4.90 Å². The number of hydrogen-bond donors (Lipinski definition) is 0. The van der Waals surface area contributed by atoms with Crippen molar-refractivity contribution in [3.8, 4) is 0 Å². The minimum Gasteiger partial charge on any atom is -0.344 e. The Morgan fingerprint density at radius 2 is 1.95 bits per heavy atom. The Labute approximate surface area is 115 Å². The smallest absolute Gasteiger partial charge is 0.209 e. The maximum Gasteiger partial charge on any atom is 0.209 e. The van der Waals surface area contributed by atoms with Crippen LogP contribution in [0.2, 0.25) is 0 Å². The molecule has 1 unspecified atom stereocenters. The van der Waals surface area contributed by atoms with Crippen molar-refractivity contribution in [3.63, 3.8) is 0 Å². The number of benzene rings is 1. The molecule has 1 heterocycles. The lowest BCUT2D eigenvalue weighted by Crippen LogP contribution is -2.54. The molecule has 0 N–H and O–H groups in total. The minimum atomic E-state index is 0.447. The van der Waals surface area contributed by atoms with Crippen molar-refractivity contribution < 1.29 is 4.79 Å². The van der Waals surface area contributed by atoms with E-state index in [2.05, 4.69) is 38.1 Å². The highest BCUT2D eigenvalue weighted by molar-refractivity contribution is 5.49. The average molecular weight is 257 g/mol. The quantitative estimate of drug-likeness (QED) is 0.758. The Hall–Kier alpha value is -1.31. The molecule has 1 aromatic rings. The van der Waals surface area contributed by atoms with Crippen LogP contribution in [0.25, 0.3) is 0 Å². The number of hydrogen-bond acceptors (Lipinski definition) is 1. The number of likely N-dealkylation sites (tertiary alicyclic amines) is 1. The highest BCUT2D eigenvalue weighted by Gasteiger charge is 2.47. The van der Waals surface area contributed by atoms with E-state index in [1.165, 1.54) is 30.4 Å². The number of nitrogens with zero attached hydrogens (tertiary/aromatic N) is 1. The van der Waals surface area contributed by atoms with E-state index < -0.39 is 0 Å². The van der Waals surface area contributed by atoms with Crippen molar-refractivity contribution in [1.82, 2.24) is 4.90 Å². The first kappa shape index (κ1) is 12.7. The largest absolute Gasteiger partial charge is 0.344 e. The summed E-state index contributed by atoms with van der Waals surface area (Å²) in [6, 6.07) is 9.19. The van der Waals surface area contributed by atoms with Crippen LogP contribution < -0.4 is 0 Å². The summed E-state index contributed by atoms with van der Waals surface area (Å²) in [5, 5.41) is 0. The van der Waals surface area contributed by atoms with Gasteiger partial charge in [-0.05, 0) is 42.2 Å². The molecule has 2 fully saturated rings. The summed E-state index contributed by atoms with van der Waals surface area (Å²) >= 11 is 0. The molecule has 2 heteroatoms. The molecule has 0 bridgehead atoms. The van der Waals surface area contributed by atoms with Crippen LogP contribution in [0.3, 0.4) is 0 Å². The van der Waals surface area contributed by atoms with Gasteiger partial charge in [-0.2, -0.15) is 0 Å². The van der Waals surface area contributed by atoms with E-state index in [1.54, 1.807) is 0 Å². The second-order valence-corrected chi connectivity index (χ2v) is 6.77. The molecule has 2 aliphatic rings. The molecular formula is C17H23NO. The summed E-state index contributed by atoms with van der Waals surface area (Å²) in [5.74, 6) is 1.31. The van der Waals surface area contributed by atoms with E-state index in [0.717, 1.165) is 19.5 Å². The Bertz CT molecular complexity index is 457. The van der Waals surface area contributed by atoms with E-state index in [0.29, 0.717) is 17.3 Å². The van der Waals surface area contributed by atoms with Crippen LogP contribution in [0.1, 0.15) is 56.1 Å². The summed E-state index contributed by atoms with van der Waals surface area (Å²) in [5.41, 5.74) is 3.36. The predicted molar refractivity (Wildman–Crippen MR) is 77.2 cm³/mol. The van der Waals surface area contributed by atoms with Gasteiger partial charge in [0, 0.05) is 18.5 Å². The highest BCUT2D eigenvalue weighted by atomic mass is 16.1. The molecule has 1 spiro atoms. The van der Waals surface area contributed by atoms with Gasteiger partial charge in [0.15, 0.2) is 0 Å². The molecule has 1 aliphatic heterocycles. The molecule has 0 aromatic heterocycles. The van der Waals surface area contributed by atoms with Crippen molar-refractivity contribution in [2.45, 2.75) is 44.9 Å². The van der Waals surface area contributed by atoms with Gasteiger partial charge in [-0.3, -0.25) is 4.79 Å². The van der Waals surface area contributed by atoms with Crippen LogP contribution in [-0.2, 0) is 4.79 Å². The van der Waals surface area contributed by atoms with E-state index in [-0.39, 0.29) is 0 Å². The van der Waals surface area contributed by atoms with Crippen LogP contribution in [0.5, 0.6) is 0 Å². The van der Waals surface area contributed by atoms with Gasteiger partial charge in [-0.25, -0.2) is 0 Å². The van der Waals surface area contributed by atoms with Crippen LogP contribution in [0, 0.1) is 5.41 Å². The van der Waals surface area contributed by atoms with Gasteiger partial charge in [0.05, 0.1) is 0 Å². The molecule has 0 radical (unpaired) electrons. The summed E-state index contributed by atoms with van der Waals surface area (Å²) in [7, 11) is 0. The van der Waals surface area contributed by atoms with Crippen molar-refractivity contribution in [2.75, 3.05) is 13.1 Å². The lowest BCUT2D eigenvalue weighted by molar-refractivity contribution is -0.129. The lowest BCUT2D eigenvalue weighted by Gasteiger charge is -2.46. The van der Waals surface area contributed by atoms with E-state index in [1.807, 2.05) is 4.90 Å². The van der Waals surface area contributed by atoms with Crippen LogP contribution >= 0.6 is 0 Å². The molecule has 1 saturated heterocycles. The summed E-state index contributed by atoms with van der Waals surface area (Å²) < 4.78 is 0. The zero-order valence-electron chi connectivity index (χ0n) is 11.9. The van der Waals surface area contributed by atoms with Gasteiger partial charge in [0.25, 0.3) is 0 Å². The lowest BCUT2D eigenvalue weighted by atomic mass is 9.77. The van der Waals surface area contributed by atoms with Gasteiger partial charge >= 0.3 is 0 Å². The molecule has 1 aliphatic carbocycles. The molecule has 102 valence electrons. The zero-order valence-corrected chi connectivity index (χ0v) is 11.9. The summed E-state index contributed by atoms with van der Waals surface area (Å²) in [6.45, 7) is 6.44. The topological polar surface area (TPSA) is 20.3 Å². The first-order valence-corrected chi connectivity index (χ1v) is 7.41. The standard InChI is InChI=1S/C17H23NO/c1-13(2)14-3-5-15(6-4-14)16-7-8-17(9-16)10-18(11-17)12-19/h3-6,12-13,16H,7-11H2,1-2H3. The Kier molecular flexibility index (Phi) is 3.12. The number of rotatable bonds is 3. The van der Waals surface area contributed by atoms with Crippen molar-refractivity contribution in [3.05, 3.63) is 35.4 Å². The molecule has 1 atom stereocenters. The molecule has 2 nitrogen and oxygen atoms in total. The second-order valence-electron chi connectivity index (χ2n) is 6.77. The Morgan fingerprint density at radius 3 is 2.53 bits per heavy atom. The predicted octanol–water partition coefficient (Wildman–Crippen LogP) is 3.54. The summed E-state index contributed by atoms with van der Waals surface area (Å²) in [6.07, 6.45) is 4.83. The molecule has 3 rings (SSSR count). The van der Waals surface area contributed by atoms with E-state index in [4.69, 9.17) is 0 Å². The second kappa shape index (κ2) is 4.66. The maximum absolute atomic E-state index is 10.7. The minimum absolute atomic E-state index is 0.447. The highest BCUT2D eigenvalue weighted by Crippen LogP contribution is 2.51. The first-order chi connectivity index (χ1) is 9.12. The molecule has 19 heavy (non-hydrogen) atoms. The first-order valence-electron chi connectivity index (χ1n) is 7.41. The van der Waals surface area contributed by atoms with Crippen molar-refractivity contribution >= 4 is 6.41 Å². The monoisotopic (exact) mass is 257 g/mol. The van der Waals surface area contributed by atoms with Gasteiger partial charge in [0.1, 0.15) is 0 Å². The fourth-order valence-electron chi connectivity index (χ4n) is 3.82. The van der Waals surface area contributed by atoms with Crippen molar-refractivity contribution in [2.24, 2.45) is 5.41 Å².